The normalized spacial score (nSPS) is 21.5. The molecule has 0 aromatic heterocycles. The van der Waals surface area contributed by atoms with Crippen LogP contribution in [0.25, 0.3) is 0 Å². The lowest BCUT2D eigenvalue weighted by Crippen LogP contribution is -2.59. The Morgan fingerprint density at radius 3 is 0.971 bits per heavy atom. The van der Waals surface area contributed by atoms with Crippen molar-refractivity contribution < 1.29 is 9.47 Å². The number of ether oxygens (including phenoxy) is 2. The largest absolute Gasteiger partial charge is 0.497 e. The van der Waals surface area contributed by atoms with Gasteiger partial charge in [0.05, 0.1) is 14.2 Å². The monoisotopic (exact) mass is 488 g/mol. The first kappa shape index (κ1) is 22.8. The van der Waals surface area contributed by atoms with Crippen molar-refractivity contribution in [3.63, 3.8) is 0 Å². The molecule has 0 spiro atoms. The van der Waals surface area contributed by atoms with Crippen LogP contribution in [0.4, 0.5) is 0 Å². The Kier molecular flexibility index (Phi) is 6.06. The number of rotatable bonds is 6. The molecule has 0 radical (unpaired) electrons. The van der Waals surface area contributed by atoms with E-state index in [0.29, 0.717) is 0 Å². The fourth-order valence-corrected chi connectivity index (χ4v) is 5.99. The molecule has 1 saturated carbocycles. The van der Waals surface area contributed by atoms with Gasteiger partial charge >= 0.3 is 0 Å². The molecule has 2 nitrogen and oxygen atoms in total. The zero-order valence-electron chi connectivity index (χ0n) is 19.2. The minimum Gasteiger partial charge on any atom is -0.497 e. The summed E-state index contributed by atoms with van der Waals surface area (Å²) in [4.78, 5) is 0. The molecule has 0 amide bonds. The zero-order valence-corrected chi connectivity index (χ0v) is 20.7. The topological polar surface area (TPSA) is 18.5 Å². The van der Waals surface area contributed by atoms with Crippen molar-refractivity contribution in [1.82, 2.24) is 0 Å². The van der Waals surface area contributed by atoms with Crippen LogP contribution in [0.2, 0.25) is 10.0 Å². The van der Waals surface area contributed by atoms with Crippen LogP contribution in [-0.4, -0.2) is 14.2 Å². The van der Waals surface area contributed by atoms with Crippen LogP contribution in [0.1, 0.15) is 35.1 Å². The number of benzene rings is 4. The molecule has 1 aliphatic rings. The summed E-state index contributed by atoms with van der Waals surface area (Å²) in [6.07, 6.45) is 1.99. The average Bonchev–Trinajstić information content (AvgIpc) is 2.87. The summed E-state index contributed by atoms with van der Waals surface area (Å²) >= 11 is 12.6. The van der Waals surface area contributed by atoms with E-state index in [2.05, 4.69) is 48.5 Å². The maximum atomic E-state index is 6.32. The Labute approximate surface area is 211 Å². The van der Waals surface area contributed by atoms with Gasteiger partial charge in [0.25, 0.3) is 0 Å². The molecule has 0 bridgehead atoms. The molecular formula is C30H26Cl2O2. The molecule has 172 valence electrons. The second kappa shape index (κ2) is 9.02. The van der Waals surface area contributed by atoms with E-state index >= 15 is 0 Å². The summed E-state index contributed by atoms with van der Waals surface area (Å²) in [7, 11) is 3.39. The quantitative estimate of drug-likeness (QED) is 0.273. The van der Waals surface area contributed by atoms with Gasteiger partial charge in [-0.3, -0.25) is 0 Å². The van der Waals surface area contributed by atoms with Crippen molar-refractivity contribution in [3.8, 4) is 11.5 Å². The van der Waals surface area contributed by atoms with Crippen LogP contribution in [0, 0.1) is 0 Å². The minimum atomic E-state index is -0.299. The van der Waals surface area contributed by atoms with Crippen LogP contribution < -0.4 is 9.47 Å². The van der Waals surface area contributed by atoms with Crippen LogP contribution in [0.15, 0.2) is 97.1 Å². The van der Waals surface area contributed by atoms with E-state index in [1.807, 2.05) is 48.5 Å². The van der Waals surface area contributed by atoms with E-state index in [4.69, 9.17) is 32.7 Å². The molecule has 0 heterocycles. The van der Waals surface area contributed by atoms with Crippen molar-refractivity contribution in [2.45, 2.75) is 23.7 Å². The molecule has 4 aromatic carbocycles. The first-order valence-electron chi connectivity index (χ1n) is 11.3. The second-order valence-electron chi connectivity index (χ2n) is 8.78. The highest BCUT2D eigenvalue weighted by molar-refractivity contribution is 6.30. The Morgan fingerprint density at radius 1 is 0.471 bits per heavy atom. The average molecular weight is 489 g/mol. The Balaban J connectivity index is 1.81. The van der Waals surface area contributed by atoms with Crippen molar-refractivity contribution in [2.24, 2.45) is 0 Å². The number of methoxy groups -OCH3 is 2. The minimum absolute atomic E-state index is 0.299. The van der Waals surface area contributed by atoms with Crippen LogP contribution in [-0.2, 0) is 10.8 Å². The van der Waals surface area contributed by atoms with Crippen LogP contribution in [0.3, 0.4) is 0 Å². The third-order valence-electron chi connectivity index (χ3n) is 7.44. The molecule has 5 rings (SSSR count). The van der Waals surface area contributed by atoms with Gasteiger partial charge in [-0.1, -0.05) is 71.7 Å². The summed E-state index contributed by atoms with van der Waals surface area (Å²) < 4.78 is 10.9. The first-order valence-corrected chi connectivity index (χ1v) is 12.1. The highest BCUT2D eigenvalue weighted by Crippen LogP contribution is 2.65. The van der Waals surface area contributed by atoms with Crippen molar-refractivity contribution >= 4 is 23.2 Å². The van der Waals surface area contributed by atoms with Crippen molar-refractivity contribution in [2.75, 3.05) is 14.2 Å². The van der Waals surface area contributed by atoms with Gasteiger partial charge in [-0.25, -0.2) is 0 Å². The molecule has 34 heavy (non-hydrogen) atoms. The van der Waals surface area contributed by atoms with Gasteiger partial charge in [0, 0.05) is 20.9 Å². The van der Waals surface area contributed by atoms with Crippen LogP contribution >= 0.6 is 23.2 Å². The van der Waals surface area contributed by atoms with E-state index < -0.39 is 0 Å². The summed E-state index contributed by atoms with van der Waals surface area (Å²) in [6, 6.07) is 33.6. The lowest BCUT2D eigenvalue weighted by atomic mass is 9.40. The van der Waals surface area contributed by atoms with E-state index in [9.17, 15) is 0 Å². The molecule has 4 aromatic rings. The highest BCUT2D eigenvalue weighted by atomic mass is 35.5. The smallest absolute Gasteiger partial charge is 0.118 e. The van der Waals surface area contributed by atoms with Gasteiger partial charge in [-0.15, -0.1) is 0 Å². The summed E-state index contributed by atoms with van der Waals surface area (Å²) in [5, 5.41) is 1.46. The zero-order chi connectivity index (χ0) is 23.8. The molecule has 4 heteroatoms. The van der Waals surface area contributed by atoms with Gasteiger partial charge < -0.3 is 9.47 Å². The molecule has 1 fully saturated rings. The standard InChI is InChI=1S/C30H26Cl2O2/c1-33-27-15-7-23(8-16-27)29(21-3-11-25(31)12-4-21)19-20-30(29,22-5-13-26(32)14-6-22)24-9-17-28(34-2)18-10-24/h3-18H,19-20H2,1-2H3. The SMILES string of the molecule is COc1ccc(C2(c3ccc(Cl)cc3)CCC2(c2ccc(Cl)cc2)c2ccc(OC)cc2)cc1. The maximum Gasteiger partial charge on any atom is 0.118 e. The Hall–Kier alpha value is -2.94. The molecular weight excluding hydrogens is 463 g/mol. The van der Waals surface area contributed by atoms with Crippen molar-refractivity contribution in [1.29, 1.82) is 0 Å². The van der Waals surface area contributed by atoms with Gasteiger partial charge in [0.2, 0.25) is 0 Å². The number of hydrogen-bond acceptors (Lipinski definition) is 2. The summed E-state index contributed by atoms with van der Waals surface area (Å²) in [5.41, 5.74) is 4.36. The number of halogens is 2. The second-order valence-corrected chi connectivity index (χ2v) is 9.65. The van der Waals surface area contributed by atoms with E-state index in [1.165, 1.54) is 22.3 Å². The molecule has 2 unspecified atom stereocenters. The van der Waals surface area contributed by atoms with E-state index in [0.717, 1.165) is 34.4 Å². The Bertz CT molecular complexity index is 1160. The lowest BCUT2D eigenvalue weighted by Gasteiger charge is -2.61. The van der Waals surface area contributed by atoms with E-state index in [1.54, 1.807) is 14.2 Å². The maximum absolute atomic E-state index is 6.32. The molecule has 0 N–H and O–H groups in total. The highest BCUT2D eigenvalue weighted by Gasteiger charge is 2.62. The molecule has 0 aliphatic heterocycles. The fourth-order valence-electron chi connectivity index (χ4n) is 5.74. The predicted octanol–water partition coefficient (Wildman–Crippen LogP) is 8.08. The van der Waals surface area contributed by atoms with Gasteiger partial charge in [-0.05, 0) is 83.6 Å². The summed E-state index contributed by atoms with van der Waals surface area (Å²) in [6.45, 7) is 0. The number of hydrogen-bond donors (Lipinski definition) is 0. The lowest BCUT2D eigenvalue weighted by molar-refractivity contribution is 0.151. The van der Waals surface area contributed by atoms with Crippen molar-refractivity contribution in [3.05, 3.63) is 129 Å². The van der Waals surface area contributed by atoms with Gasteiger partial charge in [0.15, 0.2) is 0 Å². The first-order chi connectivity index (χ1) is 16.5. The van der Waals surface area contributed by atoms with Gasteiger partial charge in [-0.2, -0.15) is 0 Å². The molecule has 2 atom stereocenters. The molecule has 1 aliphatic carbocycles. The third kappa shape index (κ3) is 3.48. The van der Waals surface area contributed by atoms with E-state index in [-0.39, 0.29) is 10.8 Å². The molecule has 0 saturated heterocycles. The predicted molar refractivity (Wildman–Crippen MR) is 140 cm³/mol. The van der Waals surface area contributed by atoms with Gasteiger partial charge in [0.1, 0.15) is 11.5 Å². The summed E-state index contributed by atoms with van der Waals surface area (Å²) in [5.74, 6) is 1.69. The third-order valence-corrected chi connectivity index (χ3v) is 7.95. The Morgan fingerprint density at radius 2 is 0.735 bits per heavy atom. The fraction of sp³-hybridized carbons (Fsp3) is 0.200. The van der Waals surface area contributed by atoms with Crippen LogP contribution in [0.5, 0.6) is 11.5 Å².